The summed E-state index contributed by atoms with van der Waals surface area (Å²) in [4.78, 5) is 23.2. The van der Waals surface area contributed by atoms with Gasteiger partial charge in [-0.3, -0.25) is 13.8 Å². The molecule has 1 atom stereocenters. The Morgan fingerprint density at radius 2 is 1.81 bits per heavy atom. The van der Waals surface area contributed by atoms with Gasteiger partial charge in [-0.1, -0.05) is 0 Å². The third-order valence-electron chi connectivity index (χ3n) is 2.90. The Morgan fingerprint density at radius 3 is 2.38 bits per heavy atom. The summed E-state index contributed by atoms with van der Waals surface area (Å²) < 4.78 is 16.7. The van der Waals surface area contributed by atoms with Gasteiger partial charge in [-0.05, 0) is 37.1 Å². The molecular weight excluding hydrogens is 292 g/mol. The number of hydrogen-bond donors (Lipinski definition) is 2. The second-order valence-corrected chi connectivity index (χ2v) is 6.30. The number of hydrogen-bond acceptors (Lipinski definition) is 4. The molecule has 2 rings (SSSR count). The van der Waals surface area contributed by atoms with Crippen molar-refractivity contribution in [1.82, 2.24) is 5.32 Å². The molecule has 2 amide bonds. The van der Waals surface area contributed by atoms with Crippen LogP contribution < -0.4 is 15.4 Å². The highest BCUT2D eigenvalue weighted by atomic mass is 32.2. The Balaban J connectivity index is 1.74. The van der Waals surface area contributed by atoms with Crippen molar-refractivity contribution in [3.63, 3.8) is 0 Å². The quantitative estimate of drug-likeness (QED) is 0.775. The van der Waals surface area contributed by atoms with Crippen LogP contribution in [0.15, 0.2) is 24.3 Å². The van der Waals surface area contributed by atoms with Crippen molar-refractivity contribution in [2.24, 2.45) is 0 Å². The molecule has 1 fully saturated rings. The largest absolute Gasteiger partial charge is 0.497 e. The fourth-order valence-corrected chi connectivity index (χ4v) is 2.55. The summed E-state index contributed by atoms with van der Waals surface area (Å²) >= 11 is 0. The molecule has 0 aliphatic heterocycles. The van der Waals surface area contributed by atoms with Crippen LogP contribution in [-0.4, -0.2) is 40.7 Å². The molecule has 7 heteroatoms. The Kier molecular flexibility index (Phi) is 5.32. The van der Waals surface area contributed by atoms with E-state index in [2.05, 4.69) is 10.6 Å². The normalized spacial score (nSPS) is 15.1. The molecule has 1 unspecified atom stereocenters. The van der Waals surface area contributed by atoms with Gasteiger partial charge in [0.25, 0.3) is 0 Å². The van der Waals surface area contributed by atoms with Crippen LogP contribution in [0.1, 0.15) is 12.8 Å². The van der Waals surface area contributed by atoms with Gasteiger partial charge in [0.05, 0.1) is 7.11 Å². The smallest absolute Gasteiger partial charge is 0.237 e. The van der Waals surface area contributed by atoms with Gasteiger partial charge in [-0.25, -0.2) is 0 Å². The minimum Gasteiger partial charge on any atom is -0.497 e. The summed E-state index contributed by atoms with van der Waals surface area (Å²) in [6.07, 6.45) is 1.96. The topological polar surface area (TPSA) is 84.5 Å². The Hall–Kier alpha value is -1.89. The molecule has 1 aliphatic carbocycles. The lowest BCUT2D eigenvalue weighted by Gasteiger charge is -2.06. The fourth-order valence-electron chi connectivity index (χ4n) is 1.71. The highest BCUT2D eigenvalue weighted by Crippen LogP contribution is 2.18. The first kappa shape index (κ1) is 15.5. The lowest BCUT2D eigenvalue weighted by atomic mass is 10.3. The minimum atomic E-state index is -1.50. The number of anilines is 1. The third kappa shape index (κ3) is 5.55. The van der Waals surface area contributed by atoms with Gasteiger partial charge in [-0.2, -0.15) is 0 Å². The van der Waals surface area contributed by atoms with E-state index in [1.54, 1.807) is 31.4 Å². The average molecular weight is 310 g/mol. The predicted molar refractivity (Wildman–Crippen MR) is 80.7 cm³/mol. The fraction of sp³-hybridized carbons (Fsp3) is 0.429. The maximum absolute atomic E-state index is 11.7. The first-order valence-electron chi connectivity index (χ1n) is 6.65. The zero-order chi connectivity index (χ0) is 15.2. The van der Waals surface area contributed by atoms with Crippen molar-refractivity contribution in [3.05, 3.63) is 24.3 Å². The molecule has 0 saturated heterocycles. The molecule has 0 aromatic heterocycles. The molecule has 0 spiro atoms. The maximum Gasteiger partial charge on any atom is 0.237 e. The Morgan fingerprint density at radius 1 is 1.19 bits per heavy atom. The van der Waals surface area contributed by atoms with Crippen LogP contribution in [0.4, 0.5) is 5.69 Å². The van der Waals surface area contributed by atoms with Crippen LogP contribution in [-0.2, 0) is 20.4 Å². The van der Waals surface area contributed by atoms with Crippen molar-refractivity contribution < 1.29 is 18.5 Å². The number of carbonyl (C=O) groups excluding carboxylic acids is 2. The third-order valence-corrected chi connectivity index (χ3v) is 4.07. The van der Waals surface area contributed by atoms with Crippen LogP contribution in [0.3, 0.4) is 0 Å². The summed E-state index contributed by atoms with van der Waals surface area (Å²) in [5, 5.41) is 5.37. The van der Waals surface area contributed by atoms with Crippen molar-refractivity contribution >= 4 is 28.3 Å². The predicted octanol–water partition coefficient (Wildman–Crippen LogP) is 0.661. The number of nitrogens with one attached hydrogen (secondary N) is 2. The van der Waals surface area contributed by atoms with Gasteiger partial charge in [0.15, 0.2) is 0 Å². The molecule has 21 heavy (non-hydrogen) atoms. The van der Waals surface area contributed by atoms with Gasteiger partial charge in [0.2, 0.25) is 11.8 Å². The summed E-state index contributed by atoms with van der Waals surface area (Å²) in [5.41, 5.74) is 0.597. The van der Waals surface area contributed by atoms with Gasteiger partial charge in [-0.15, -0.1) is 0 Å². The molecular formula is C14H18N2O4S. The average Bonchev–Trinajstić information content (AvgIpc) is 3.22. The van der Waals surface area contributed by atoms with Crippen LogP contribution in [0.2, 0.25) is 0 Å². The SMILES string of the molecule is COc1ccc(NC(=O)CS(=O)CC(=O)NC2CC2)cc1. The second kappa shape index (κ2) is 7.21. The molecule has 0 bridgehead atoms. The summed E-state index contributed by atoms with van der Waals surface area (Å²) in [7, 11) is 0.0617. The highest BCUT2D eigenvalue weighted by Gasteiger charge is 2.24. The zero-order valence-corrected chi connectivity index (χ0v) is 12.6. The number of methoxy groups -OCH3 is 1. The number of carbonyl (C=O) groups is 2. The first-order valence-corrected chi connectivity index (χ1v) is 8.14. The molecule has 0 heterocycles. The number of ether oxygens (including phenoxy) is 1. The molecule has 6 nitrogen and oxygen atoms in total. The first-order chi connectivity index (χ1) is 10.1. The van der Waals surface area contributed by atoms with E-state index < -0.39 is 10.8 Å². The summed E-state index contributed by atoms with van der Waals surface area (Å²) in [5.74, 6) is -0.268. The standard InChI is InChI=1S/C14H18N2O4S/c1-20-12-6-4-11(5-7-12)16-14(18)9-21(19)8-13(17)15-10-2-3-10/h4-7,10H,2-3,8-9H2,1H3,(H,15,17)(H,16,18). The lowest BCUT2D eigenvalue weighted by molar-refractivity contribution is -0.118. The van der Waals surface area contributed by atoms with Crippen molar-refractivity contribution in [3.8, 4) is 5.75 Å². The number of benzene rings is 1. The van der Waals surface area contributed by atoms with Crippen LogP contribution in [0.25, 0.3) is 0 Å². The van der Waals surface area contributed by atoms with Gasteiger partial charge < -0.3 is 15.4 Å². The van der Waals surface area contributed by atoms with E-state index in [4.69, 9.17) is 4.74 Å². The van der Waals surface area contributed by atoms with E-state index in [0.717, 1.165) is 12.8 Å². The maximum atomic E-state index is 11.7. The number of rotatable bonds is 7. The summed E-state index contributed by atoms with van der Waals surface area (Å²) in [6, 6.07) is 7.06. The molecule has 114 valence electrons. The van der Waals surface area contributed by atoms with E-state index in [1.165, 1.54) is 0 Å². The van der Waals surface area contributed by atoms with Gasteiger partial charge >= 0.3 is 0 Å². The zero-order valence-electron chi connectivity index (χ0n) is 11.8. The van der Waals surface area contributed by atoms with Crippen molar-refractivity contribution in [1.29, 1.82) is 0 Å². The van der Waals surface area contributed by atoms with Gasteiger partial charge in [0, 0.05) is 22.5 Å². The van der Waals surface area contributed by atoms with E-state index in [-0.39, 0.29) is 29.4 Å². The monoisotopic (exact) mass is 310 g/mol. The molecule has 0 radical (unpaired) electrons. The van der Waals surface area contributed by atoms with E-state index in [1.807, 2.05) is 0 Å². The second-order valence-electron chi connectivity index (χ2n) is 4.85. The Labute approximate surface area is 125 Å². The molecule has 2 N–H and O–H groups in total. The highest BCUT2D eigenvalue weighted by molar-refractivity contribution is 7.86. The van der Waals surface area contributed by atoms with E-state index in [0.29, 0.717) is 11.4 Å². The van der Waals surface area contributed by atoms with E-state index in [9.17, 15) is 13.8 Å². The Bertz CT molecular complexity index is 540. The summed E-state index contributed by atoms with van der Waals surface area (Å²) in [6.45, 7) is 0. The minimum absolute atomic E-state index is 0.132. The van der Waals surface area contributed by atoms with Gasteiger partial charge in [0.1, 0.15) is 17.3 Å². The number of amides is 2. The molecule has 1 aliphatic rings. The van der Waals surface area contributed by atoms with Crippen molar-refractivity contribution in [2.45, 2.75) is 18.9 Å². The van der Waals surface area contributed by atoms with Crippen molar-refractivity contribution in [2.75, 3.05) is 23.9 Å². The van der Waals surface area contributed by atoms with E-state index >= 15 is 0 Å². The van der Waals surface area contributed by atoms with Crippen LogP contribution >= 0.6 is 0 Å². The lowest BCUT2D eigenvalue weighted by Crippen LogP contribution is -2.32. The molecule has 1 aromatic rings. The van der Waals surface area contributed by atoms with Crippen LogP contribution in [0.5, 0.6) is 5.75 Å². The van der Waals surface area contributed by atoms with Crippen LogP contribution in [0, 0.1) is 0 Å². The molecule has 1 aromatic carbocycles. The molecule has 1 saturated carbocycles.